The summed E-state index contributed by atoms with van der Waals surface area (Å²) in [7, 11) is 1.69. The van der Waals surface area contributed by atoms with E-state index in [9.17, 15) is 0 Å². The maximum Gasteiger partial charge on any atom is 0.0700 e. The quantitative estimate of drug-likeness (QED) is 0.597. The van der Waals surface area contributed by atoms with E-state index >= 15 is 0 Å². The number of rotatable bonds is 7. The van der Waals surface area contributed by atoms with E-state index in [4.69, 9.17) is 15.2 Å². The summed E-state index contributed by atoms with van der Waals surface area (Å²) in [5.41, 5.74) is 7.80. The van der Waals surface area contributed by atoms with Crippen molar-refractivity contribution in [3.05, 3.63) is 24.3 Å². The average Bonchev–Trinajstić information content (AvgIpc) is 2.49. The molecule has 112 valence electrons. The second kappa shape index (κ2) is 8.09. The number of piperazine rings is 1. The molecule has 0 radical (unpaired) electrons. The van der Waals surface area contributed by atoms with Crippen molar-refractivity contribution in [1.29, 1.82) is 0 Å². The number of benzene rings is 1. The standard InChI is InChI=1S/C15H25N3O2/c1-19-12-13-20-11-10-17-6-8-18(9-7-17)15-4-2-14(16)3-5-15/h2-5H,6-13,16H2,1H3. The molecule has 5 heteroatoms. The molecule has 1 fully saturated rings. The molecule has 0 unspecified atom stereocenters. The van der Waals surface area contributed by atoms with Crippen LogP contribution in [0.2, 0.25) is 0 Å². The van der Waals surface area contributed by atoms with E-state index in [1.807, 2.05) is 12.1 Å². The van der Waals surface area contributed by atoms with Crippen molar-refractivity contribution >= 4 is 11.4 Å². The summed E-state index contributed by atoms with van der Waals surface area (Å²) in [4.78, 5) is 4.85. The predicted octanol–water partition coefficient (Wildman–Crippen LogP) is 1.05. The zero-order chi connectivity index (χ0) is 14.2. The Labute approximate surface area is 121 Å². The molecule has 0 aromatic heterocycles. The number of nitrogens with two attached hydrogens (primary N) is 1. The first kappa shape index (κ1) is 15.1. The van der Waals surface area contributed by atoms with Crippen LogP contribution in [-0.4, -0.2) is 64.6 Å². The second-order valence-corrected chi connectivity index (χ2v) is 5.03. The van der Waals surface area contributed by atoms with E-state index in [-0.39, 0.29) is 0 Å². The zero-order valence-electron chi connectivity index (χ0n) is 12.3. The lowest BCUT2D eigenvalue weighted by Gasteiger charge is -2.36. The van der Waals surface area contributed by atoms with Crippen LogP contribution < -0.4 is 10.6 Å². The molecular formula is C15H25N3O2. The Morgan fingerprint density at radius 1 is 1.00 bits per heavy atom. The van der Waals surface area contributed by atoms with E-state index < -0.39 is 0 Å². The Morgan fingerprint density at radius 2 is 1.70 bits per heavy atom. The van der Waals surface area contributed by atoms with Crippen molar-refractivity contribution in [2.24, 2.45) is 0 Å². The number of methoxy groups -OCH3 is 1. The van der Waals surface area contributed by atoms with Crippen molar-refractivity contribution < 1.29 is 9.47 Å². The van der Waals surface area contributed by atoms with Crippen LogP contribution >= 0.6 is 0 Å². The Hall–Kier alpha value is -1.30. The molecule has 0 bridgehead atoms. The summed E-state index contributed by atoms with van der Waals surface area (Å²) < 4.78 is 10.5. The highest BCUT2D eigenvalue weighted by atomic mass is 16.5. The van der Waals surface area contributed by atoms with Crippen molar-refractivity contribution in [1.82, 2.24) is 4.90 Å². The van der Waals surface area contributed by atoms with Gasteiger partial charge in [-0.15, -0.1) is 0 Å². The summed E-state index contributed by atoms with van der Waals surface area (Å²) in [5, 5.41) is 0. The molecule has 0 amide bonds. The van der Waals surface area contributed by atoms with Crippen LogP contribution in [-0.2, 0) is 9.47 Å². The molecule has 0 atom stereocenters. The highest BCUT2D eigenvalue weighted by Gasteiger charge is 2.16. The van der Waals surface area contributed by atoms with Crippen LogP contribution in [0.5, 0.6) is 0 Å². The smallest absolute Gasteiger partial charge is 0.0700 e. The van der Waals surface area contributed by atoms with E-state index in [1.165, 1.54) is 5.69 Å². The van der Waals surface area contributed by atoms with Crippen LogP contribution in [0.25, 0.3) is 0 Å². The fourth-order valence-corrected chi connectivity index (χ4v) is 2.35. The van der Waals surface area contributed by atoms with E-state index in [2.05, 4.69) is 21.9 Å². The third-order valence-corrected chi connectivity index (χ3v) is 3.61. The fourth-order valence-electron chi connectivity index (χ4n) is 2.35. The van der Waals surface area contributed by atoms with Gasteiger partial charge in [-0.3, -0.25) is 4.90 Å². The lowest BCUT2D eigenvalue weighted by atomic mass is 10.2. The van der Waals surface area contributed by atoms with Gasteiger partial charge in [-0.25, -0.2) is 0 Å². The largest absolute Gasteiger partial charge is 0.399 e. The first-order valence-electron chi connectivity index (χ1n) is 7.19. The molecule has 1 aliphatic heterocycles. The van der Waals surface area contributed by atoms with Crippen LogP contribution in [0.4, 0.5) is 11.4 Å². The lowest BCUT2D eigenvalue weighted by Crippen LogP contribution is -2.47. The molecule has 1 aromatic carbocycles. The van der Waals surface area contributed by atoms with Gasteiger partial charge in [0.25, 0.3) is 0 Å². The minimum absolute atomic E-state index is 0.672. The van der Waals surface area contributed by atoms with Gasteiger partial charge in [0.1, 0.15) is 0 Å². The van der Waals surface area contributed by atoms with Crippen LogP contribution in [0.15, 0.2) is 24.3 Å². The highest BCUT2D eigenvalue weighted by Crippen LogP contribution is 2.17. The normalized spacial score (nSPS) is 16.6. The summed E-state index contributed by atoms with van der Waals surface area (Å²) in [6.45, 7) is 7.41. The van der Waals surface area contributed by atoms with Crippen LogP contribution in [0, 0.1) is 0 Å². The topological polar surface area (TPSA) is 51.0 Å². The molecule has 0 saturated carbocycles. The van der Waals surface area contributed by atoms with Crippen molar-refractivity contribution in [2.75, 3.05) is 70.3 Å². The van der Waals surface area contributed by atoms with Crippen LogP contribution in [0.1, 0.15) is 0 Å². The van der Waals surface area contributed by atoms with Gasteiger partial charge in [0.2, 0.25) is 0 Å². The number of nitrogen functional groups attached to an aromatic ring is 1. The monoisotopic (exact) mass is 279 g/mol. The van der Waals surface area contributed by atoms with Gasteiger partial charge in [0, 0.05) is 51.2 Å². The summed E-state index contributed by atoms with van der Waals surface area (Å²) in [5.74, 6) is 0. The van der Waals surface area contributed by atoms with E-state index in [0.29, 0.717) is 13.2 Å². The summed E-state index contributed by atoms with van der Waals surface area (Å²) in [6, 6.07) is 8.12. The van der Waals surface area contributed by atoms with Gasteiger partial charge in [0.05, 0.1) is 19.8 Å². The number of nitrogens with zero attached hydrogens (tertiary/aromatic N) is 2. The fraction of sp³-hybridized carbons (Fsp3) is 0.600. The minimum atomic E-state index is 0.672. The predicted molar refractivity (Wildman–Crippen MR) is 82.2 cm³/mol. The van der Waals surface area contributed by atoms with Gasteiger partial charge in [-0.2, -0.15) is 0 Å². The van der Waals surface area contributed by atoms with Gasteiger partial charge in [-0.05, 0) is 24.3 Å². The Balaban J connectivity index is 1.66. The van der Waals surface area contributed by atoms with Gasteiger partial charge < -0.3 is 20.1 Å². The Kier molecular flexibility index (Phi) is 6.11. The third kappa shape index (κ3) is 4.67. The molecule has 1 saturated heterocycles. The molecule has 1 heterocycles. The number of ether oxygens (including phenoxy) is 2. The number of anilines is 2. The SMILES string of the molecule is COCCOCCN1CCN(c2ccc(N)cc2)CC1. The summed E-state index contributed by atoms with van der Waals surface area (Å²) in [6.07, 6.45) is 0. The molecule has 0 aliphatic carbocycles. The molecule has 5 nitrogen and oxygen atoms in total. The first-order chi connectivity index (χ1) is 9.79. The highest BCUT2D eigenvalue weighted by molar-refractivity contribution is 5.53. The third-order valence-electron chi connectivity index (χ3n) is 3.61. The maximum absolute atomic E-state index is 5.72. The zero-order valence-corrected chi connectivity index (χ0v) is 12.3. The van der Waals surface area contributed by atoms with Crippen molar-refractivity contribution in [3.8, 4) is 0 Å². The molecular weight excluding hydrogens is 254 g/mol. The van der Waals surface area contributed by atoms with Crippen molar-refractivity contribution in [3.63, 3.8) is 0 Å². The van der Waals surface area contributed by atoms with E-state index in [1.54, 1.807) is 7.11 Å². The molecule has 1 aromatic rings. The Bertz CT molecular complexity index is 375. The number of hydrogen-bond donors (Lipinski definition) is 1. The Morgan fingerprint density at radius 3 is 2.35 bits per heavy atom. The van der Waals surface area contributed by atoms with E-state index in [0.717, 1.165) is 45.0 Å². The van der Waals surface area contributed by atoms with Gasteiger partial charge in [-0.1, -0.05) is 0 Å². The second-order valence-electron chi connectivity index (χ2n) is 5.03. The van der Waals surface area contributed by atoms with Crippen LogP contribution in [0.3, 0.4) is 0 Å². The van der Waals surface area contributed by atoms with Gasteiger partial charge in [0.15, 0.2) is 0 Å². The summed E-state index contributed by atoms with van der Waals surface area (Å²) >= 11 is 0. The molecule has 0 spiro atoms. The van der Waals surface area contributed by atoms with Crippen molar-refractivity contribution in [2.45, 2.75) is 0 Å². The first-order valence-corrected chi connectivity index (χ1v) is 7.19. The molecule has 2 rings (SSSR count). The molecule has 2 N–H and O–H groups in total. The number of hydrogen-bond acceptors (Lipinski definition) is 5. The lowest BCUT2D eigenvalue weighted by molar-refractivity contribution is 0.0563. The molecule has 20 heavy (non-hydrogen) atoms. The maximum atomic E-state index is 5.72. The van der Waals surface area contributed by atoms with Gasteiger partial charge >= 0.3 is 0 Å². The molecule has 1 aliphatic rings. The minimum Gasteiger partial charge on any atom is -0.399 e. The average molecular weight is 279 g/mol.